The van der Waals surface area contributed by atoms with Crippen LogP contribution in [0.25, 0.3) is 0 Å². The van der Waals surface area contributed by atoms with Gasteiger partial charge in [0.2, 0.25) is 5.91 Å². The zero-order valence-electron chi connectivity index (χ0n) is 19.9. The Hall–Kier alpha value is -3.31. The molecular weight excluding hydrogens is 488 g/mol. The summed E-state index contributed by atoms with van der Waals surface area (Å²) in [6, 6.07) is 9.02. The van der Waals surface area contributed by atoms with E-state index in [1.54, 1.807) is 26.2 Å². The predicted octanol–water partition coefficient (Wildman–Crippen LogP) is 4.58. The Bertz CT molecular complexity index is 1160. The van der Waals surface area contributed by atoms with Crippen LogP contribution in [-0.2, 0) is 29.1 Å². The van der Waals surface area contributed by atoms with Crippen LogP contribution in [0.15, 0.2) is 48.1 Å². The molecule has 0 fully saturated rings. The van der Waals surface area contributed by atoms with Crippen LogP contribution in [-0.4, -0.2) is 46.1 Å². The molecule has 0 radical (unpaired) electrons. The van der Waals surface area contributed by atoms with Gasteiger partial charge in [0, 0.05) is 11.4 Å². The van der Waals surface area contributed by atoms with E-state index < -0.39 is 5.97 Å². The number of amides is 1. The summed E-state index contributed by atoms with van der Waals surface area (Å²) < 4.78 is 17.9. The van der Waals surface area contributed by atoms with Crippen LogP contribution in [0, 0.1) is 0 Å². The van der Waals surface area contributed by atoms with Crippen LogP contribution in [0.3, 0.4) is 0 Å². The molecular formula is C24H28N4O5S2. The molecule has 1 amide bonds. The van der Waals surface area contributed by atoms with Gasteiger partial charge in [-0.05, 0) is 43.7 Å². The van der Waals surface area contributed by atoms with E-state index in [0.717, 1.165) is 17.0 Å². The van der Waals surface area contributed by atoms with Gasteiger partial charge in [0.05, 0.1) is 25.0 Å². The molecule has 0 unspecified atom stereocenters. The van der Waals surface area contributed by atoms with Crippen molar-refractivity contribution < 1.29 is 23.8 Å². The maximum atomic E-state index is 12.7. The van der Waals surface area contributed by atoms with Crippen LogP contribution in [0.4, 0.5) is 5.00 Å². The lowest BCUT2D eigenvalue weighted by atomic mass is 10.2. The number of methoxy groups -OCH3 is 1. The Morgan fingerprint density at radius 3 is 2.60 bits per heavy atom. The lowest BCUT2D eigenvalue weighted by Crippen LogP contribution is -2.16. The summed E-state index contributed by atoms with van der Waals surface area (Å²) in [4.78, 5) is 25.9. The first-order chi connectivity index (χ1) is 17.0. The highest BCUT2D eigenvalue weighted by Crippen LogP contribution is 2.30. The largest absolute Gasteiger partial charge is 0.497 e. The van der Waals surface area contributed by atoms with Crippen LogP contribution in [0.5, 0.6) is 11.5 Å². The summed E-state index contributed by atoms with van der Waals surface area (Å²) in [6.07, 6.45) is 2.49. The van der Waals surface area contributed by atoms with Crippen molar-refractivity contribution in [2.45, 2.75) is 38.6 Å². The molecule has 3 aromatic rings. The maximum Gasteiger partial charge on any atom is 0.341 e. The second-order valence-corrected chi connectivity index (χ2v) is 9.21. The number of esters is 1. The van der Waals surface area contributed by atoms with Gasteiger partial charge in [-0.15, -0.1) is 28.1 Å². The van der Waals surface area contributed by atoms with Gasteiger partial charge in [-0.1, -0.05) is 24.8 Å². The number of rotatable bonds is 13. The number of carbonyl (C=O) groups excluding carboxylic acids is 2. The number of aryl methyl sites for hydroxylation is 1. The Kier molecular flexibility index (Phi) is 9.74. The van der Waals surface area contributed by atoms with Crippen LogP contribution < -0.4 is 14.8 Å². The van der Waals surface area contributed by atoms with E-state index in [4.69, 9.17) is 14.2 Å². The fraction of sp³-hybridized carbons (Fsp3) is 0.333. The number of allylic oxidation sites excluding steroid dienone is 1. The van der Waals surface area contributed by atoms with Crippen molar-refractivity contribution in [2.75, 3.05) is 24.8 Å². The molecule has 0 aliphatic heterocycles. The highest BCUT2D eigenvalue weighted by Gasteiger charge is 2.20. The van der Waals surface area contributed by atoms with Crippen molar-refractivity contribution in [1.82, 2.24) is 14.8 Å². The number of benzene rings is 1. The first kappa shape index (κ1) is 26.3. The number of anilines is 1. The Labute approximate surface area is 212 Å². The van der Waals surface area contributed by atoms with Crippen LogP contribution >= 0.6 is 23.1 Å². The van der Waals surface area contributed by atoms with Crippen molar-refractivity contribution in [3.05, 3.63) is 59.3 Å². The van der Waals surface area contributed by atoms with E-state index in [9.17, 15) is 9.59 Å². The highest BCUT2D eigenvalue weighted by atomic mass is 32.2. The summed E-state index contributed by atoms with van der Waals surface area (Å²) >= 11 is 2.62. The number of nitrogens with one attached hydrogen (secondary N) is 1. The number of carbonyl (C=O) groups is 2. The third-order valence-corrected chi connectivity index (χ3v) is 6.91. The van der Waals surface area contributed by atoms with Crippen LogP contribution in [0.2, 0.25) is 0 Å². The van der Waals surface area contributed by atoms with Gasteiger partial charge in [-0.2, -0.15) is 0 Å². The molecule has 2 aromatic heterocycles. The maximum absolute atomic E-state index is 12.7. The molecule has 0 aliphatic carbocycles. The molecule has 1 aromatic carbocycles. The van der Waals surface area contributed by atoms with Crippen molar-refractivity contribution in [3.63, 3.8) is 0 Å². The fourth-order valence-corrected chi connectivity index (χ4v) is 4.79. The number of hydrogen-bond donors (Lipinski definition) is 1. The molecule has 0 atom stereocenters. The molecule has 0 bridgehead atoms. The van der Waals surface area contributed by atoms with E-state index in [2.05, 4.69) is 22.1 Å². The van der Waals surface area contributed by atoms with Gasteiger partial charge in [0.1, 0.15) is 23.1 Å². The summed E-state index contributed by atoms with van der Waals surface area (Å²) in [5.74, 6) is 1.42. The topological polar surface area (TPSA) is 105 Å². The monoisotopic (exact) mass is 516 g/mol. The molecule has 9 nitrogen and oxygen atoms in total. The number of ether oxygens (including phenoxy) is 3. The van der Waals surface area contributed by atoms with Crippen molar-refractivity contribution in [3.8, 4) is 11.5 Å². The fourth-order valence-electron chi connectivity index (χ4n) is 3.03. The van der Waals surface area contributed by atoms with Gasteiger partial charge in [-0.25, -0.2) is 4.79 Å². The minimum absolute atomic E-state index is 0.0935. The molecule has 2 heterocycles. The standard InChI is InChI=1S/C24H28N4O5S2/c1-5-12-28-20(14-33-17-10-8-16(31-4)9-11-17)26-27-24(28)34-15-21(29)25-22-19(23(30)32-7-3)13-18(6-2)35-22/h5,8-11,13H,1,6-7,12,14-15H2,2-4H3,(H,25,29). The Morgan fingerprint density at radius 2 is 1.94 bits per heavy atom. The van der Waals surface area contributed by atoms with Crippen molar-refractivity contribution >= 4 is 40.0 Å². The van der Waals surface area contributed by atoms with E-state index in [1.165, 1.54) is 23.1 Å². The lowest BCUT2D eigenvalue weighted by molar-refractivity contribution is -0.113. The summed E-state index contributed by atoms with van der Waals surface area (Å²) in [7, 11) is 1.61. The molecule has 0 spiro atoms. The average Bonchev–Trinajstić information content (AvgIpc) is 3.45. The second-order valence-electron chi connectivity index (χ2n) is 7.13. The number of aromatic nitrogens is 3. The first-order valence-electron chi connectivity index (χ1n) is 11.0. The number of hydrogen-bond acceptors (Lipinski definition) is 9. The summed E-state index contributed by atoms with van der Waals surface area (Å²) in [5, 5.41) is 12.3. The average molecular weight is 517 g/mol. The molecule has 0 saturated carbocycles. The van der Waals surface area contributed by atoms with Crippen molar-refractivity contribution in [1.29, 1.82) is 0 Å². The Balaban J connectivity index is 1.63. The number of thioether (sulfide) groups is 1. The predicted molar refractivity (Wildman–Crippen MR) is 137 cm³/mol. The minimum Gasteiger partial charge on any atom is -0.497 e. The molecule has 1 N–H and O–H groups in total. The van der Waals surface area contributed by atoms with Gasteiger partial charge in [-0.3, -0.25) is 9.36 Å². The zero-order valence-corrected chi connectivity index (χ0v) is 21.5. The summed E-state index contributed by atoms with van der Waals surface area (Å²) in [5.41, 5.74) is 0.375. The highest BCUT2D eigenvalue weighted by molar-refractivity contribution is 7.99. The van der Waals surface area contributed by atoms with Gasteiger partial charge in [0.15, 0.2) is 11.0 Å². The van der Waals surface area contributed by atoms with Crippen molar-refractivity contribution in [2.24, 2.45) is 0 Å². The quantitative estimate of drug-likeness (QED) is 0.200. The van der Waals surface area contributed by atoms with Gasteiger partial charge in [0.25, 0.3) is 0 Å². The molecule has 0 saturated heterocycles. The molecule has 35 heavy (non-hydrogen) atoms. The third kappa shape index (κ3) is 7.09. The third-order valence-electron chi connectivity index (χ3n) is 4.74. The van der Waals surface area contributed by atoms with E-state index in [0.29, 0.717) is 33.8 Å². The molecule has 0 aliphatic rings. The zero-order chi connectivity index (χ0) is 25.2. The van der Waals surface area contributed by atoms with Crippen LogP contribution in [0.1, 0.15) is 34.9 Å². The van der Waals surface area contributed by atoms with E-state index in [1.807, 2.05) is 35.8 Å². The normalized spacial score (nSPS) is 10.6. The smallest absolute Gasteiger partial charge is 0.341 e. The minimum atomic E-state index is -0.446. The number of nitrogens with zero attached hydrogens (tertiary/aromatic N) is 3. The molecule has 11 heteroatoms. The molecule has 3 rings (SSSR count). The lowest BCUT2D eigenvalue weighted by Gasteiger charge is -2.10. The van der Waals surface area contributed by atoms with E-state index >= 15 is 0 Å². The second kappa shape index (κ2) is 13.0. The SMILES string of the molecule is C=CCn1c(COc2ccc(OC)cc2)nnc1SCC(=O)Nc1sc(CC)cc1C(=O)OCC. The van der Waals surface area contributed by atoms with Gasteiger partial charge < -0.3 is 19.5 Å². The molecule has 186 valence electrons. The van der Waals surface area contributed by atoms with E-state index in [-0.39, 0.29) is 24.9 Å². The van der Waals surface area contributed by atoms with Gasteiger partial charge >= 0.3 is 5.97 Å². The summed E-state index contributed by atoms with van der Waals surface area (Å²) in [6.45, 7) is 8.47. The first-order valence-corrected chi connectivity index (χ1v) is 12.8. The Morgan fingerprint density at radius 1 is 1.20 bits per heavy atom. The number of thiophene rings is 1.